The van der Waals surface area contributed by atoms with Crippen LogP contribution in [-0.4, -0.2) is 9.97 Å². The smallest absolute Gasteiger partial charge is 0.263 e. The van der Waals surface area contributed by atoms with Gasteiger partial charge in [0.2, 0.25) is 0 Å². The molecule has 102 valence electrons. The van der Waals surface area contributed by atoms with Crippen molar-refractivity contribution in [1.29, 1.82) is 5.26 Å². The van der Waals surface area contributed by atoms with Gasteiger partial charge in [0.15, 0.2) is 5.82 Å². The van der Waals surface area contributed by atoms with Gasteiger partial charge in [0.1, 0.15) is 5.75 Å². The van der Waals surface area contributed by atoms with Crippen LogP contribution < -0.4 is 10.5 Å². The highest BCUT2D eigenvalue weighted by Crippen LogP contribution is 2.26. The summed E-state index contributed by atoms with van der Waals surface area (Å²) in [6.07, 6.45) is 0.373. The van der Waals surface area contributed by atoms with Gasteiger partial charge >= 0.3 is 0 Å². The number of nitrogens with two attached hydrogens (primary N) is 1. The van der Waals surface area contributed by atoms with Gasteiger partial charge in [-0.2, -0.15) is 5.26 Å². The molecule has 0 fully saturated rings. The quantitative estimate of drug-likeness (QED) is 0.794. The second-order valence-electron chi connectivity index (χ2n) is 4.48. The third kappa shape index (κ3) is 2.74. The number of hydrogen-bond donors (Lipinski definition) is 1. The van der Waals surface area contributed by atoms with Crippen LogP contribution in [0.4, 0.5) is 5.82 Å². The molecule has 5 nitrogen and oxygen atoms in total. The minimum atomic E-state index is 0.245. The maximum Gasteiger partial charge on any atom is 0.263 e. The molecule has 3 rings (SSSR count). The van der Waals surface area contributed by atoms with E-state index in [1.54, 1.807) is 12.1 Å². The summed E-state index contributed by atoms with van der Waals surface area (Å²) in [6.45, 7) is 0. The van der Waals surface area contributed by atoms with E-state index in [1.165, 1.54) is 0 Å². The Bertz CT molecular complexity index is 822. The maximum absolute atomic E-state index is 8.65. The number of ether oxygens (including phenoxy) is 1. The standard InChI is InChI=1S/C16H12N4O/c17-10-9-11-5-7-12(8-6-11)21-16-15(18)19-13-3-1-2-4-14(13)20-16/h1-8H,9H2,(H2,18,19). The maximum atomic E-state index is 8.65. The summed E-state index contributed by atoms with van der Waals surface area (Å²) in [5.41, 5.74) is 8.26. The summed E-state index contributed by atoms with van der Waals surface area (Å²) < 4.78 is 5.67. The summed E-state index contributed by atoms with van der Waals surface area (Å²) in [5.74, 6) is 1.13. The molecule has 2 N–H and O–H groups in total. The number of rotatable bonds is 3. The predicted molar refractivity (Wildman–Crippen MR) is 79.8 cm³/mol. The Morgan fingerprint density at radius 3 is 2.33 bits per heavy atom. The van der Waals surface area contributed by atoms with E-state index in [0.29, 0.717) is 12.2 Å². The van der Waals surface area contributed by atoms with Gasteiger partial charge in [0.25, 0.3) is 5.88 Å². The Balaban J connectivity index is 1.90. The first-order chi connectivity index (χ1) is 10.3. The molecule has 0 aliphatic rings. The number of para-hydroxylation sites is 2. The number of benzene rings is 2. The van der Waals surface area contributed by atoms with Crippen LogP contribution in [0.2, 0.25) is 0 Å². The monoisotopic (exact) mass is 276 g/mol. The molecular formula is C16H12N4O. The summed E-state index contributed by atoms with van der Waals surface area (Å²) in [4.78, 5) is 8.63. The van der Waals surface area contributed by atoms with Crippen molar-refractivity contribution in [3.63, 3.8) is 0 Å². The van der Waals surface area contributed by atoms with E-state index >= 15 is 0 Å². The zero-order valence-corrected chi connectivity index (χ0v) is 11.2. The van der Waals surface area contributed by atoms with E-state index in [-0.39, 0.29) is 11.7 Å². The fourth-order valence-electron chi connectivity index (χ4n) is 1.95. The van der Waals surface area contributed by atoms with Gasteiger partial charge in [0.05, 0.1) is 23.5 Å². The molecule has 0 unspecified atom stereocenters. The molecule has 1 aromatic heterocycles. The Kier molecular flexibility index (Phi) is 3.36. The number of fused-ring (bicyclic) bond motifs is 1. The first-order valence-electron chi connectivity index (χ1n) is 6.42. The SMILES string of the molecule is N#CCc1ccc(Oc2nc3ccccc3nc2N)cc1. The van der Waals surface area contributed by atoms with Crippen LogP contribution in [0.5, 0.6) is 11.6 Å². The van der Waals surface area contributed by atoms with E-state index in [9.17, 15) is 0 Å². The molecule has 0 radical (unpaired) electrons. The molecular weight excluding hydrogens is 264 g/mol. The molecule has 0 saturated carbocycles. The van der Waals surface area contributed by atoms with Crippen LogP contribution in [0, 0.1) is 11.3 Å². The van der Waals surface area contributed by atoms with Crippen LogP contribution in [0.1, 0.15) is 5.56 Å². The fourth-order valence-corrected chi connectivity index (χ4v) is 1.95. The molecule has 0 amide bonds. The highest BCUT2D eigenvalue weighted by atomic mass is 16.5. The molecule has 0 saturated heterocycles. The summed E-state index contributed by atoms with van der Waals surface area (Å²) >= 11 is 0. The largest absolute Gasteiger partial charge is 0.436 e. The van der Waals surface area contributed by atoms with Crippen molar-refractivity contribution in [3.8, 4) is 17.7 Å². The normalized spacial score (nSPS) is 10.2. The minimum Gasteiger partial charge on any atom is -0.436 e. The van der Waals surface area contributed by atoms with Crippen LogP contribution in [0.15, 0.2) is 48.5 Å². The molecule has 5 heteroatoms. The third-order valence-corrected chi connectivity index (χ3v) is 2.98. The molecule has 0 spiro atoms. The van der Waals surface area contributed by atoms with Crippen molar-refractivity contribution in [2.75, 3.05) is 5.73 Å². The van der Waals surface area contributed by atoms with E-state index in [1.807, 2.05) is 36.4 Å². The van der Waals surface area contributed by atoms with E-state index in [4.69, 9.17) is 15.7 Å². The number of nitrogen functional groups attached to an aromatic ring is 1. The van der Waals surface area contributed by atoms with Gasteiger partial charge in [0, 0.05) is 0 Å². The average molecular weight is 276 g/mol. The van der Waals surface area contributed by atoms with E-state index < -0.39 is 0 Å². The zero-order valence-electron chi connectivity index (χ0n) is 11.2. The Morgan fingerprint density at radius 1 is 1.00 bits per heavy atom. The van der Waals surface area contributed by atoms with Crippen molar-refractivity contribution in [3.05, 3.63) is 54.1 Å². The lowest BCUT2D eigenvalue weighted by molar-refractivity contribution is 0.465. The molecule has 21 heavy (non-hydrogen) atoms. The highest BCUT2D eigenvalue weighted by molar-refractivity contribution is 5.76. The molecule has 1 heterocycles. The van der Waals surface area contributed by atoms with Crippen molar-refractivity contribution >= 4 is 16.9 Å². The Morgan fingerprint density at radius 2 is 1.67 bits per heavy atom. The van der Waals surface area contributed by atoms with E-state index in [2.05, 4.69) is 16.0 Å². The lowest BCUT2D eigenvalue weighted by Crippen LogP contribution is -1.99. The molecule has 2 aromatic carbocycles. The Hall–Kier alpha value is -3.13. The average Bonchev–Trinajstić information content (AvgIpc) is 2.50. The van der Waals surface area contributed by atoms with Crippen molar-refractivity contribution in [1.82, 2.24) is 9.97 Å². The number of hydrogen-bond acceptors (Lipinski definition) is 5. The number of aromatic nitrogens is 2. The first kappa shape index (κ1) is 12.9. The molecule has 0 aliphatic carbocycles. The van der Waals surface area contributed by atoms with Crippen LogP contribution >= 0.6 is 0 Å². The lowest BCUT2D eigenvalue weighted by atomic mass is 10.2. The second-order valence-corrected chi connectivity index (χ2v) is 4.48. The topological polar surface area (TPSA) is 84.8 Å². The molecule has 0 atom stereocenters. The van der Waals surface area contributed by atoms with Gasteiger partial charge in [-0.25, -0.2) is 9.97 Å². The van der Waals surface area contributed by atoms with Crippen LogP contribution in [-0.2, 0) is 6.42 Å². The van der Waals surface area contributed by atoms with E-state index in [0.717, 1.165) is 16.6 Å². The van der Waals surface area contributed by atoms with Crippen molar-refractivity contribution in [2.45, 2.75) is 6.42 Å². The zero-order chi connectivity index (χ0) is 14.7. The van der Waals surface area contributed by atoms with Crippen molar-refractivity contribution < 1.29 is 4.74 Å². The predicted octanol–water partition coefficient (Wildman–Crippen LogP) is 3.07. The van der Waals surface area contributed by atoms with Gasteiger partial charge in [-0.1, -0.05) is 24.3 Å². The summed E-state index contributed by atoms with van der Waals surface area (Å²) in [5, 5.41) is 8.65. The first-order valence-corrected chi connectivity index (χ1v) is 6.42. The van der Waals surface area contributed by atoms with Gasteiger partial charge < -0.3 is 10.5 Å². The Labute approximate surface area is 121 Å². The highest BCUT2D eigenvalue weighted by Gasteiger charge is 2.08. The van der Waals surface area contributed by atoms with Gasteiger partial charge in [-0.3, -0.25) is 0 Å². The number of nitrogens with zero attached hydrogens (tertiary/aromatic N) is 3. The second kappa shape index (κ2) is 5.47. The van der Waals surface area contributed by atoms with Gasteiger partial charge in [-0.05, 0) is 29.8 Å². The van der Waals surface area contributed by atoms with Crippen molar-refractivity contribution in [2.24, 2.45) is 0 Å². The molecule has 0 aliphatic heterocycles. The molecule has 0 bridgehead atoms. The van der Waals surface area contributed by atoms with Gasteiger partial charge in [-0.15, -0.1) is 0 Å². The lowest BCUT2D eigenvalue weighted by Gasteiger charge is -2.08. The fraction of sp³-hybridized carbons (Fsp3) is 0.0625. The minimum absolute atomic E-state index is 0.245. The summed E-state index contributed by atoms with van der Waals surface area (Å²) in [7, 11) is 0. The molecule has 3 aromatic rings. The number of anilines is 1. The van der Waals surface area contributed by atoms with Crippen LogP contribution in [0.25, 0.3) is 11.0 Å². The third-order valence-electron chi connectivity index (χ3n) is 2.98. The summed E-state index contributed by atoms with van der Waals surface area (Å²) in [6, 6.07) is 16.8. The number of nitriles is 1. The van der Waals surface area contributed by atoms with Crippen LogP contribution in [0.3, 0.4) is 0 Å².